The van der Waals surface area contributed by atoms with E-state index >= 15 is 4.39 Å². The van der Waals surface area contributed by atoms with Crippen LogP contribution in [0.3, 0.4) is 0 Å². The maximum Gasteiger partial charge on any atom is 0.459 e. The molecule has 3 aromatic rings. The van der Waals surface area contributed by atoms with Gasteiger partial charge in [-0.1, -0.05) is 18.2 Å². The number of anilines is 1. The number of nitrogens with zero attached hydrogens (tertiary/aromatic N) is 2. The number of nitrogens with one attached hydrogen (secondary N) is 1. The SMILES string of the molecule is CCOC(=O)[C@H](C)NP(=O)(Oc1ccccc1)OC(C)[C@H]1O[C@@H](n2ccc3c(N)ccnc32)[C@](C)(F)[C@@H]1O. The number of aliphatic hydroxyl groups excluding tert-OH is 1. The van der Waals surface area contributed by atoms with Crippen molar-refractivity contribution in [3.63, 3.8) is 0 Å². The van der Waals surface area contributed by atoms with Crippen LogP contribution in [0.4, 0.5) is 10.1 Å². The highest BCUT2D eigenvalue weighted by atomic mass is 31.2. The van der Waals surface area contributed by atoms with Gasteiger partial charge in [0.05, 0.1) is 12.7 Å². The van der Waals surface area contributed by atoms with Gasteiger partial charge in [-0.3, -0.25) is 9.32 Å². The van der Waals surface area contributed by atoms with E-state index in [-0.39, 0.29) is 12.4 Å². The lowest BCUT2D eigenvalue weighted by atomic mass is 9.96. The molecule has 0 amide bonds. The van der Waals surface area contributed by atoms with E-state index in [1.54, 1.807) is 55.6 Å². The minimum Gasteiger partial charge on any atom is -0.465 e. The van der Waals surface area contributed by atoms with Gasteiger partial charge in [0.15, 0.2) is 11.9 Å². The maximum absolute atomic E-state index is 16.0. The van der Waals surface area contributed by atoms with Gasteiger partial charge < -0.3 is 29.4 Å². The van der Waals surface area contributed by atoms with Crippen molar-refractivity contribution in [3.05, 3.63) is 54.9 Å². The number of rotatable bonds is 10. The van der Waals surface area contributed by atoms with Crippen molar-refractivity contribution < 1.29 is 37.4 Å². The van der Waals surface area contributed by atoms with Gasteiger partial charge in [0.2, 0.25) is 0 Å². The van der Waals surface area contributed by atoms with Crippen LogP contribution in [-0.2, 0) is 23.4 Å². The first-order valence-electron chi connectivity index (χ1n) is 12.2. The lowest BCUT2D eigenvalue weighted by Gasteiger charge is -2.29. The molecule has 1 saturated heterocycles. The summed E-state index contributed by atoms with van der Waals surface area (Å²) < 4.78 is 53.6. The van der Waals surface area contributed by atoms with Gasteiger partial charge in [-0.2, -0.15) is 5.09 Å². The van der Waals surface area contributed by atoms with Crippen molar-refractivity contribution >= 4 is 30.4 Å². The number of para-hydroxylation sites is 1. The van der Waals surface area contributed by atoms with Crippen LogP contribution >= 0.6 is 7.75 Å². The van der Waals surface area contributed by atoms with Crippen molar-refractivity contribution in [2.75, 3.05) is 12.3 Å². The molecule has 2 aromatic heterocycles. The molecule has 3 heterocycles. The molecule has 1 aromatic carbocycles. The molecular weight excluding hydrogens is 518 g/mol. The standard InChI is InChI=1S/C25H32FN4O7P/c1-5-34-23(32)15(2)29-38(33,37-17-9-7-6-8-10-17)36-16(3)20-21(31)25(4,26)24(35-20)30-14-12-18-19(27)11-13-28-22(18)30/h6-16,20-21,24,31H,5H2,1-4H3,(H2,27,28)(H,29,33)/t15-,16?,20+,21+,24+,25+,38?/m0/s1. The van der Waals surface area contributed by atoms with Crippen molar-refractivity contribution in [1.82, 2.24) is 14.6 Å². The Balaban J connectivity index is 1.59. The molecule has 0 saturated carbocycles. The third-order valence-corrected chi connectivity index (χ3v) is 8.05. The maximum atomic E-state index is 16.0. The fourth-order valence-electron chi connectivity index (χ4n) is 4.33. The van der Waals surface area contributed by atoms with Crippen LogP contribution in [0.15, 0.2) is 54.9 Å². The number of hydrogen-bond donors (Lipinski definition) is 3. The molecule has 0 aliphatic carbocycles. The largest absolute Gasteiger partial charge is 0.465 e. The molecule has 2 unspecified atom stereocenters. The van der Waals surface area contributed by atoms with E-state index in [0.29, 0.717) is 16.7 Å². The minimum absolute atomic E-state index is 0.124. The van der Waals surface area contributed by atoms with E-state index in [4.69, 9.17) is 24.3 Å². The predicted octanol–water partition coefficient (Wildman–Crippen LogP) is 3.74. The number of ether oxygens (including phenoxy) is 2. The van der Waals surface area contributed by atoms with E-state index in [2.05, 4.69) is 10.1 Å². The summed E-state index contributed by atoms with van der Waals surface area (Å²) in [5.41, 5.74) is 4.57. The molecule has 0 radical (unpaired) electrons. The van der Waals surface area contributed by atoms with Crippen molar-refractivity contribution in [1.29, 1.82) is 0 Å². The normalized spacial score (nSPS) is 26.5. The third kappa shape index (κ3) is 5.55. The zero-order valence-electron chi connectivity index (χ0n) is 21.5. The van der Waals surface area contributed by atoms with Gasteiger partial charge in [0.25, 0.3) is 0 Å². The number of benzene rings is 1. The molecule has 11 nitrogen and oxygen atoms in total. The van der Waals surface area contributed by atoms with E-state index < -0.39 is 50.0 Å². The fourth-order valence-corrected chi connectivity index (χ4v) is 6.02. The Kier molecular flexibility index (Phi) is 8.10. The first-order valence-corrected chi connectivity index (χ1v) is 13.7. The van der Waals surface area contributed by atoms with Gasteiger partial charge in [-0.25, -0.2) is 13.9 Å². The zero-order chi connectivity index (χ0) is 27.7. The average Bonchev–Trinajstić information content (AvgIpc) is 3.38. The number of alkyl halides is 1. The summed E-state index contributed by atoms with van der Waals surface area (Å²) in [4.78, 5) is 16.5. The molecule has 206 valence electrons. The molecule has 1 fully saturated rings. The highest BCUT2D eigenvalue weighted by Crippen LogP contribution is 2.50. The highest BCUT2D eigenvalue weighted by Gasteiger charge is 2.57. The second kappa shape index (κ2) is 11.0. The molecule has 1 aliphatic rings. The van der Waals surface area contributed by atoms with Crippen LogP contribution in [0, 0.1) is 0 Å². The Labute approximate surface area is 219 Å². The molecule has 4 N–H and O–H groups in total. The van der Waals surface area contributed by atoms with Crippen molar-refractivity contribution in [3.8, 4) is 5.75 Å². The average molecular weight is 551 g/mol. The highest BCUT2D eigenvalue weighted by molar-refractivity contribution is 7.52. The Bertz CT molecular complexity index is 1320. The fraction of sp³-hybridized carbons (Fsp3) is 0.440. The summed E-state index contributed by atoms with van der Waals surface area (Å²) in [6, 6.07) is 10.4. The summed E-state index contributed by atoms with van der Waals surface area (Å²) in [7, 11) is -4.28. The van der Waals surface area contributed by atoms with Crippen LogP contribution in [0.2, 0.25) is 0 Å². The van der Waals surface area contributed by atoms with Crippen LogP contribution < -0.4 is 15.3 Å². The van der Waals surface area contributed by atoms with Crippen LogP contribution in [0.1, 0.15) is 33.9 Å². The zero-order valence-corrected chi connectivity index (χ0v) is 22.4. The molecule has 4 rings (SSSR count). The van der Waals surface area contributed by atoms with Crippen molar-refractivity contribution in [2.24, 2.45) is 0 Å². The minimum atomic E-state index is -4.28. The number of halogens is 1. The Morgan fingerprint density at radius 3 is 2.71 bits per heavy atom. The number of esters is 1. The van der Waals surface area contributed by atoms with Gasteiger partial charge in [0, 0.05) is 23.5 Å². The van der Waals surface area contributed by atoms with Gasteiger partial charge in [-0.05, 0) is 52.0 Å². The van der Waals surface area contributed by atoms with Crippen LogP contribution in [0.25, 0.3) is 11.0 Å². The molecule has 1 aliphatic heterocycles. The Morgan fingerprint density at radius 2 is 2.03 bits per heavy atom. The van der Waals surface area contributed by atoms with Crippen LogP contribution in [0.5, 0.6) is 5.75 Å². The molecule has 0 spiro atoms. The third-order valence-electron chi connectivity index (χ3n) is 6.29. The molecule has 0 bridgehead atoms. The van der Waals surface area contributed by atoms with Crippen molar-refractivity contribution in [2.45, 2.75) is 63.9 Å². The van der Waals surface area contributed by atoms with E-state index in [1.165, 1.54) is 31.5 Å². The van der Waals surface area contributed by atoms with E-state index in [0.717, 1.165) is 0 Å². The summed E-state index contributed by atoms with van der Waals surface area (Å²) in [5, 5.41) is 14.1. The number of nitrogens with two attached hydrogens (primary N) is 1. The summed E-state index contributed by atoms with van der Waals surface area (Å²) in [6.45, 7) is 5.88. The van der Waals surface area contributed by atoms with E-state index in [1.807, 2.05) is 0 Å². The first kappa shape index (κ1) is 28.0. The van der Waals surface area contributed by atoms with Gasteiger partial charge >= 0.3 is 13.7 Å². The van der Waals surface area contributed by atoms with E-state index in [9.17, 15) is 14.5 Å². The molecule has 38 heavy (non-hydrogen) atoms. The lowest BCUT2D eigenvalue weighted by molar-refractivity contribution is -0.144. The Morgan fingerprint density at radius 1 is 1.32 bits per heavy atom. The second-order valence-corrected chi connectivity index (χ2v) is 10.9. The number of nitrogen functional groups attached to an aromatic ring is 1. The lowest BCUT2D eigenvalue weighted by Crippen LogP contribution is -2.44. The first-order chi connectivity index (χ1) is 18.0. The number of aliphatic hydroxyl groups is 1. The Hall–Kier alpha value is -3.02. The number of aromatic nitrogens is 2. The number of hydrogen-bond acceptors (Lipinski definition) is 9. The predicted molar refractivity (Wildman–Crippen MR) is 138 cm³/mol. The molecule has 7 atom stereocenters. The van der Waals surface area contributed by atoms with Gasteiger partial charge in [-0.15, -0.1) is 0 Å². The molecule has 13 heteroatoms. The summed E-state index contributed by atoms with van der Waals surface area (Å²) >= 11 is 0. The second-order valence-electron chi connectivity index (χ2n) is 9.22. The monoisotopic (exact) mass is 550 g/mol. The number of carbonyl (C=O) groups is 1. The van der Waals surface area contributed by atoms with Gasteiger partial charge in [0.1, 0.15) is 29.6 Å². The summed E-state index contributed by atoms with van der Waals surface area (Å²) in [6.07, 6.45) is -2.31. The van der Waals surface area contributed by atoms with Crippen LogP contribution in [-0.4, -0.2) is 57.3 Å². The smallest absolute Gasteiger partial charge is 0.459 e. The number of pyridine rings is 1. The summed E-state index contributed by atoms with van der Waals surface area (Å²) in [5.74, 6) is -0.462. The number of fused-ring (bicyclic) bond motifs is 1. The topological polar surface area (TPSA) is 147 Å². The number of carbonyl (C=O) groups excluding carboxylic acids is 1. The quantitative estimate of drug-likeness (QED) is 0.252. The molecular formula is C25H32FN4O7P.